The van der Waals surface area contributed by atoms with E-state index in [-0.39, 0.29) is 17.6 Å². The third-order valence-corrected chi connectivity index (χ3v) is 3.75. The van der Waals surface area contributed by atoms with Gasteiger partial charge in [0.2, 0.25) is 0 Å². The van der Waals surface area contributed by atoms with Gasteiger partial charge in [0, 0.05) is 23.7 Å². The fourth-order valence-electron chi connectivity index (χ4n) is 2.54. The molecule has 0 unspecified atom stereocenters. The van der Waals surface area contributed by atoms with E-state index in [4.69, 9.17) is 0 Å². The van der Waals surface area contributed by atoms with Crippen molar-refractivity contribution >= 4 is 0 Å². The Bertz CT molecular complexity index is 443. The molecule has 0 aliphatic carbocycles. The van der Waals surface area contributed by atoms with E-state index in [1.54, 1.807) is 0 Å². The van der Waals surface area contributed by atoms with E-state index < -0.39 is 17.5 Å². The van der Waals surface area contributed by atoms with Gasteiger partial charge >= 0.3 is 0 Å². The van der Waals surface area contributed by atoms with Gasteiger partial charge in [-0.1, -0.05) is 6.42 Å². The summed E-state index contributed by atoms with van der Waals surface area (Å²) >= 11 is 0. The SMILES string of the molecule is CC1(C)CCCCN1Cc1cc(F)cc(F)c1F. The van der Waals surface area contributed by atoms with Gasteiger partial charge in [0.25, 0.3) is 0 Å². The zero-order valence-electron chi connectivity index (χ0n) is 10.8. The normalized spacial score (nSPS) is 20.1. The van der Waals surface area contributed by atoms with Crippen LogP contribution in [0.4, 0.5) is 13.2 Å². The van der Waals surface area contributed by atoms with Crippen LogP contribution in [0.25, 0.3) is 0 Å². The van der Waals surface area contributed by atoms with Crippen molar-refractivity contribution in [2.75, 3.05) is 6.54 Å². The Morgan fingerprint density at radius 3 is 2.56 bits per heavy atom. The lowest BCUT2D eigenvalue weighted by atomic mass is 9.90. The van der Waals surface area contributed by atoms with Crippen molar-refractivity contribution in [1.29, 1.82) is 0 Å². The second-order valence-electron chi connectivity index (χ2n) is 5.55. The molecule has 0 radical (unpaired) electrons. The molecule has 0 aromatic heterocycles. The van der Waals surface area contributed by atoms with Crippen molar-refractivity contribution in [3.8, 4) is 0 Å². The largest absolute Gasteiger partial charge is 0.294 e. The Balaban J connectivity index is 2.23. The molecule has 1 aromatic carbocycles. The van der Waals surface area contributed by atoms with Gasteiger partial charge in [-0.15, -0.1) is 0 Å². The third-order valence-electron chi connectivity index (χ3n) is 3.75. The Kier molecular flexibility index (Phi) is 3.66. The highest BCUT2D eigenvalue weighted by Gasteiger charge is 2.30. The Morgan fingerprint density at radius 1 is 1.17 bits per heavy atom. The first-order valence-electron chi connectivity index (χ1n) is 6.28. The van der Waals surface area contributed by atoms with Gasteiger partial charge in [-0.05, 0) is 39.3 Å². The number of nitrogens with zero attached hydrogens (tertiary/aromatic N) is 1. The van der Waals surface area contributed by atoms with E-state index in [1.165, 1.54) is 0 Å². The van der Waals surface area contributed by atoms with E-state index in [0.29, 0.717) is 6.07 Å². The summed E-state index contributed by atoms with van der Waals surface area (Å²) in [5.41, 5.74) is 0.0514. The molecule has 1 aliphatic rings. The number of hydrogen-bond acceptors (Lipinski definition) is 1. The van der Waals surface area contributed by atoms with Crippen LogP contribution in [0.3, 0.4) is 0 Å². The van der Waals surface area contributed by atoms with Crippen LogP contribution in [0.15, 0.2) is 12.1 Å². The molecule has 0 saturated carbocycles. The van der Waals surface area contributed by atoms with Crippen LogP contribution in [0.2, 0.25) is 0 Å². The minimum absolute atomic E-state index is 0.0481. The first-order chi connectivity index (χ1) is 8.40. The third kappa shape index (κ3) is 2.69. The van der Waals surface area contributed by atoms with Gasteiger partial charge in [-0.25, -0.2) is 13.2 Å². The maximum atomic E-state index is 13.6. The van der Waals surface area contributed by atoms with Gasteiger partial charge in [-0.3, -0.25) is 4.90 Å². The minimum atomic E-state index is -1.11. The standard InChI is InChI=1S/C14H18F3N/c1-14(2)5-3-4-6-18(14)9-10-7-11(15)8-12(16)13(10)17/h7-8H,3-6,9H2,1-2H3. The zero-order valence-corrected chi connectivity index (χ0v) is 10.8. The van der Waals surface area contributed by atoms with Gasteiger partial charge in [0.1, 0.15) is 5.82 Å². The molecule has 1 saturated heterocycles. The lowest BCUT2D eigenvalue weighted by Crippen LogP contribution is -2.46. The van der Waals surface area contributed by atoms with Crippen LogP contribution >= 0.6 is 0 Å². The average molecular weight is 257 g/mol. The summed E-state index contributed by atoms with van der Waals surface area (Å²) in [6.07, 6.45) is 3.21. The molecule has 0 N–H and O–H groups in total. The summed E-state index contributed by atoms with van der Waals surface area (Å²) in [7, 11) is 0. The van der Waals surface area contributed by atoms with E-state index in [2.05, 4.69) is 18.7 Å². The first-order valence-corrected chi connectivity index (χ1v) is 6.28. The van der Waals surface area contributed by atoms with Crippen LogP contribution < -0.4 is 0 Å². The highest BCUT2D eigenvalue weighted by molar-refractivity contribution is 5.20. The van der Waals surface area contributed by atoms with Gasteiger partial charge in [0.15, 0.2) is 11.6 Å². The summed E-state index contributed by atoms with van der Waals surface area (Å²) in [6, 6.07) is 1.67. The monoisotopic (exact) mass is 257 g/mol. The molecule has 0 amide bonds. The topological polar surface area (TPSA) is 3.24 Å². The number of benzene rings is 1. The number of rotatable bonds is 2. The maximum absolute atomic E-state index is 13.6. The zero-order chi connectivity index (χ0) is 13.3. The Morgan fingerprint density at radius 2 is 1.89 bits per heavy atom. The lowest BCUT2D eigenvalue weighted by Gasteiger charge is -2.42. The second kappa shape index (κ2) is 4.92. The van der Waals surface area contributed by atoms with Gasteiger partial charge < -0.3 is 0 Å². The van der Waals surface area contributed by atoms with E-state index >= 15 is 0 Å². The first kappa shape index (κ1) is 13.4. The predicted octanol–water partition coefficient (Wildman–Crippen LogP) is 3.87. The second-order valence-corrected chi connectivity index (χ2v) is 5.55. The molecule has 1 aliphatic heterocycles. The molecule has 1 nitrogen and oxygen atoms in total. The smallest absolute Gasteiger partial charge is 0.163 e. The number of likely N-dealkylation sites (tertiary alicyclic amines) is 1. The molecule has 1 fully saturated rings. The van der Waals surface area contributed by atoms with E-state index in [9.17, 15) is 13.2 Å². The molecule has 1 aromatic rings. The Labute approximate surface area is 106 Å². The van der Waals surface area contributed by atoms with Crippen molar-refractivity contribution in [1.82, 2.24) is 4.90 Å². The van der Waals surface area contributed by atoms with Crippen molar-refractivity contribution in [2.45, 2.75) is 45.2 Å². The average Bonchev–Trinajstić information content (AvgIpc) is 2.27. The van der Waals surface area contributed by atoms with Gasteiger partial charge in [-0.2, -0.15) is 0 Å². The highest BCUT2D eigenvalue weighted by Crippen LogP contribution is 2.29. The molecular formula is C14H18F3N. The van der Waals surface area contributed by atoms with Crippen LogP contribution in [0, 0.1) is 17.5 Å². The molecule has 0 spiro atoms. The van der Waals surface area contributed by atoms with Crippen molar-refractivity contribution in [3.05, 3.63) is 35.1 Å². The summed E-state index contributed by atoms with van der Waals surface area (Å²) < 4.78 is 39.9. The number of piperidine rings is 1. The fourth-order valence-corrected chi connectivity index (χ4v) is 2.54. The minimum Gasteiger partial charge on any atom is -0.294 e. The van der Waals surface area contributed by atoms with Crippen LogP contribution in [0.5, 0.6) is 0 Å². The summed E-state index contributed by atoms with van der Waals surface area (Å²) in [4.78, 5) is 2.09. The van der Waals surface area contributed by atoms with Crippen LogP contribution in [-0.4, -0.2) is 17.0 Å². The van der Waals surface area contributed by atoms with Crippen molar-refractivity contribution < 1.29 is 13.2 Å². The molecule has 2 rings (SSSR count). The van der Waals surface area contributed by atoms with Crippen molar-refractivity contribution in [3.63, 3.8) is 0 Å². The molecule has 0 bridgehead atoms. The van der Waals surface area contributed by atoms with Crippen LogP contribution in [-0.2, 0) is 6.54 Å². The van der Waals surface area contributed by atoms with Crippen LogP contribution in [0.1, 0.15) is 38.7 Å². The molecular weight excluding hydrogens is 239 g/mol. The summed E-state index contributed by atoms with van der Waals surface area (Å²) in [6.45, 7) is 5.26. The van der Waals surface area contributed by atoms with E-state index in [1.807, 2.05) is 0 Å². The number of hydrogen-bond donors (Lipinski definition) is 0. The molecule has 100 valence electrons. The lowest BCUT2D eigenvalue weighted by molar-refractivity contribution is 0.0678. The molecule has 1 heterocycles. The molecule has 4 heteroatoms. The van der Waals surface area contributed by atoms with E-state index in [0.717, 1.165) is 31.9 Å². The Hall–Kier alpha value is -1.03. The highest BCUT2D eigenvalue weighted by atomic mass is 19.2. The van der Waals surface area contributed by atoms with Crippen molar-refractivity contribution in [2.24, 2.45) is 0 Å². The maximum Gasteiger partial charge on any atom is 0.163 e. The molecule has 0 atom stereocenters. The number of halogens is 3. The summed E-state index contributed by atoms with van der Waals surface area (Å²) in [5.74, 6) is -2.77. The predicted molar refractivity (Wildman–Crippen MR) is 64.7 cm³/mol. The molecule has 18 heavy (non-hydrogen) atoms. The van der Waals surface area contributed by atoms with Gasteiger partial charge in [0.05, 0.1) is 0 Å². The quantitative estimate of drug-likeness (QED) is 0.727. The fraction of sp³-hybridized carbons (Fsp3) is 0.571. The summed E-state index contributed by atoms with van der Waals surface area (Å²) in [5, 5.41) is 0.